The van der Waals surface area contributed by atoms with E-state index in [1.165, 1.54) is 39.3 Å². The Bertz CT molecular complexity index is 1060. The van der Waals surface area contributed by atoms with Crippen LogP contribution >= 0.6 is 0 Å². The van der Waals surface area contributed by atoms with Crippen molar-refractivity contribution < 1.29 is 30.0 Å². The summed E-state index contributed by atoms with van der Waals surface area (Å²) in [5, 5.41) is 2.51. The molecule has 1 atom stereocenters. The van der Waals surface area contributed by atoms with Gasteiger partial charge in [0.15, 0.2) is 9.84 Å². The Kier molecular flexibility index (Phi) is 6.55. The van der Waals surface area contributed by atoms with Crippen LogP contribution in [-0.4, -0.2) is 85.0 Å². The molecule has 158 valence electrons. The second-order valence-corrected chi connectivity index (χ2v) is 13.1. The Morgan fingerprint density at radius 1 is 1.11 bits per heavy atom. The van der Waals surface area contributed by atoms with E-state index >= 15 is 0 Å². The Morgan fingerprint density at radius 3 is 2.18 bits per heavy atom. The number of rotatable bonds is 7. The summed E-state index contributed by atoms with van der Waals surface area (Å²) in [6.45, 7) is -0.524. The zero-order valence-electron chi connectivity index (χ0n) is 15.7. The number of nitrogens with one attached hydrogen (secondary N) is 1. The molecule has 2 rings (SSSR count). The van der Waals surface area contributed by atoms with E-state index in [-0.39, 0.29) is 27.7 Å². The Labute approximate surface area is 165 Å². The number of sulfonamides is 2. The van der Waals surface area contributed by atoms with Crippen LogP contribution in [0.1, 0.15) is 6.42 Å². The molecule has 0 spiro atoms. The van der Waals surface area contributed by atoms with Gasteiger partial charge in [0, 0.05) is 27.2 Å². The predicted octanol–water partition coefficient (Wildman–Crippen LogP) is -1.14. The highest BCUT2D eigenvalue weighted by Gasteiger charge is 2.30. The van der Waals surface area contributed by atoms with Gasteiger partial charge in [-0.3, -0.25) is 4.79 Å². The Morgan fingerprint density at radius 2 is 1.68 bits per heavy atom. The third kappa shape index (κ3) is 5.08. The molecule has 1 aromatic carbocycles. The number of sulfone groups is 1. The lowest BCUT2D eigenvalue weighted by Gasteiger charge is -2.19. The van der Waals surface area contributed by atoms with Crippen LogP contribution in [0.2, 0.25) is 0 Å². The van der Waals surface area contributed by atoms with Crippen LogP contribution in [0, 0.1) is 0 Å². The summed E-state index contributed by atoms with van der Waals surface area (Å²) < 4.78 is 74.4. The van der Waals surface area contributed by atoms with E-state index in [4.69, 9.17) is 0 Å². The van der Waals surface area contributed by atoms with E-state index < -0.39 is 48.4 Å². The molecule has 1 aliphatic heterocycles. The number of amides is 1. The third-order valence-corrected chi connectivity index (χ3v) is 9.63. The standard InChI is InChI=1S/C15H23N3O7S3/c1-17(2)27(22,23)13-5-4-6-14(9-13)28(24,25)18(3)10-15(19)16-12-7-8-26(20,21)11-12/h4-6,9,12H,7-8,10-11H2,1-3H3,(H,16,19). The van der Waals surface area contributed by atoms with E-state index in [2.05, 4.69) is 5.32 Å². The van der Waals surface area contributed by atoms with Gasteiger partial charge in [0.05, 0.1) is 27.8 Å². The number of benzene rings is 1. The maximum atomic E-state index is 12.7. The van der Waals surface area contributed by atoms with Crippen molar-refractivity contribution >= 4 is 35.8 Å². The highest BCUT2D eigenvalue weighted by Crippen LogP contribution is 2.20. The summed E-state index contributed by atoms with van der Waals surface area (Å²) in [4.78, 5) is 11.6. The van der Waals surface area contributed by atoms with Gasteiger partial charge in [0.2, 0.25) is 26.0 Å². The number of carbonyl (C=O) groups excluding carboxylic acids is 1. The second-order valence-electron chi connectivity index (χ2n) is 6.69. The quantitative estimate of drug-likeness (QED) is 0.551. The van der Waals surface area contributed by atoms with E-state index in [0.717, 1.165) is 14.7 Å². The number of likely N-dealkylation sites (N-methyl/N-ethyl adjacent to an activating group) is 1. The van der Waals surface area contributed by atoms with Crippen LogP contribution in [0.5, 0.6) is 0 Å². The average molecular weight is 454 g/mol. The fraction of sp³-hybridized carbons (Fsp3) is 0.533. The summed E-state index contributed by atoms with van der Waals surface area (Å²) in [5.41, 5.74) is 0. The van der Waals surface area contributed by atoms with E-state index in [0.29, 0.717) is 0 Å². The summed E-state index contributed by atoms with van der Waals surface area (Å²) in [6, 6.07) is 4.31. The molecule has 1 heterocycles. The van der Waals surface area contributed by atoms with Crippen LogP contribution in [0.4, 0.5) is 0 Å². The number of carbonyl (C=O) groups is 1. The zero-order valence-corrected chi connectivity index (χ0v) is 18.1. The molecule has 0 saturated carbocycles. The minimum absolute atomic E-state index is 0.0147. The van der Waals surface area contributed by atoms with Crippen molar-refractivity contribution in [2.75, 3.05) is 39.2 Å². The number of hydrogen-bond donors (Lipinski definition) is 1. The van der Waals surface area contributed by atoms with Crippen molar-refractivity contribution in [1.82, 2.24) is 13.9 Å². The maximum Gasteiger partial charge on any atom is 0.243 e. The number of hydrogen-bond acceptors (Lipinski definition) is 7. The van der Waals surface area contributed by atoms with Gasteiger partial charge in [0.25, 0.3) is 0 Å². The van der Waals surface area contributed by atoms with Gasteiger partial charge in [-0.05, 0) is 24.6 Å². The first-order valence-electron chi connectivity index (χ1n) is 8.24. The molecule has 1 unspecified atom stereocenters. The smallest absolute Gasteiger partial charge is 0.243 e. The Balaban J connectivity index is 2.15. The molecular weight excluding hydrogens is 430 g/mol. The molecule has 28 heavy (non-hydrogen) atoms. The first-order chi connectivity index (χ1) is 12.8. The lowest BCUT2D eigenvalue weighted by Crippen LogP contribution is -2.43. The fourth-order valence-corrected chi connectivity index (χ4v) is 6.52. The summed E-state index contributed by atoms with van der Waals surface area (Å²) in [7, 11) is -7.28. The first kappa shape index (κ1) is 22.7. The zero-order chi connectivity index (χ0) is 21.3. The minimum Gasteiger partial charge on any atom is -0.351 e. The fourth-order valence-electron chi connectivity index (χ4n) is 2.66. The Hall–Kier alpha value is -1.54. The van der Waals surface area contributed by atoms with Gasteiger partial charge < -0.3 is 5.32 Å². The molecule has 0 radical (unpaired) electrons. The SMILES string of the molecule is CN(C)S(=O)(=O)c1cccc(S(=O)(=O)N(C)CC(=O)NC2CCS(=O)(=O)C2)c1. The molecule has 10 nitrogen and oxygen atoms in total. The van der Waals surface area contributed by atoms with Crippen molar-refractivity contribution in [3.63, 3.8) is 0 Å². The highest BCUT2D eigenvalue weighted by molar-refractivity contribution is 7.91. The maximum absolute atomic E-state index is 12.7. The van der Waals surface area contributed by atoms with Crippen molar-refractivity contribution in [1.29, 1.82) is 0 Å². The molecule has 0 bridgehead atoms. The van der Waals surface area contributed by atoms with Crippen LogP contribution in [0.3, 0.4) is 0 Å². The molecule has 1 N–H and O–H groups in total. The van der Waals surface area contributed by atoms with Crippen molar-refractivity contribution in [2.24, 2.45) is 0 Å². The van der Waals surface area contributed by atoms with Gasteiger partial charge in [-0.25, -0.2) is 29.6 Å². The van der Waals surface area contributed by atoms with Crippen LogP contribution in [0.15, 0.2) is 34.1 Å². The van der Waals surface area contributed by atoms with Crippen LogP contribution in [-0.2, 0) is 34.7 Å². The highest BCUT2D eigenvalue weighted by atomic mass is 32.2. The molecule has 0 aromatic heterocycles. The lowest BCUT2D eigenvalue weighted by molar-refractivity contribution is -0.121. The molecule has 1 aliphatic rings. The summed E-state index contributed by atoms with van der Waals surface area (Å²) >= 11 is 0. The van der Waals surface area contributed by atoms with Gasteiger partial charge >= 0.3 is 0 Å². The largest absolute Gasteiger partial charge is 0.351 e. The average Bonchev–Trinajstić information content (AvgIpc) is 2.93. The van der Waals surface area contributed by atoms with Gasteiger partial charge in [0.1, 0.15) is 0 Å². The second kappa shape index (κ2) is 8.06. The van der Waals surface area contributed by atoms with E-state index in [1.54, 1.807) is 0 Å². The normalized spacial score (nSPS) is 19.8. The first-order valence-corrected chi connectivity index (χ1v) is 12.9. The summed E-state index contributed by atoms with van der Waals surface area (Å²) in [6.07, 6.45) is 0.287. The van der Waals surface area contributed by atoms with Crippen molar-refractivity contribution in [2.45, 2.75) is 22.3 Å². The van der Waals surface area contributed by atoms with Crippen LogP contribution in [0.25, 0.3) is 0 Å². The summed E-state index contributed by atoms with van der Waals surface area (Å²) in [5.74, 6) is -0.816. The molecule has 0 aliphatic carbocycles. The lowest BCUT2D eigenvalue weighted by atomic mass is 10.2. The van der Waals surface area contributed by atoms with Gasteiger partial charge in [-0.2, -0.15) is 4.31 Å². The van der Waals surface area contributed by atoms with Crippen LogP contribution < -0.4 is 5.32 Å². The molecule has 1 fully saturated rings. The topological polar surface area (TPSA) is 138 Å². The monoisotopic (exact) mass is 453 g/mol. The molecule has 13 heteroatoms. The minimum atomic E-state index is -4.13. The molecule has 1 aromatic rings. The molecule has 1 amide bonds. The molecular formula is C15H23N3O7S3. The van der Waals surface area contributed by atoms with E-state index in [9.17, 15) is 30.0 Å². The van der Waals surface area contributed by atoms with Crippen molar-refractivity contribution in [3.8, 4) is 0 Å². The molecule has 1 saturated heterocycles. The van der Waals surface area contributed by atoms with E-state index in [1.807, 2.05) is 0 Å². The third-order valence-electron chi connectivity index (χ3n) is 4.26. The van der Waals surface area contributed by atoms with Crippen molar-refractivity contribution in [3.05, 3.63) is 24.3 Å². The predicted molar refractivity (Wildman–Crippen MR) is 102 cm³/mol. The van der Waals surface area contributed by atoms with Gasteiger partial charge in [-0.15, -0.1) is 0 Å². The number of nitrogens with zero attached hydrogens (tertiary/aromatic N) is 2. The van der Waals surface area contributed by atoms with Gasteiger partial charge in [-0.1, -0.05) is 6.07 Å².